The minimum absolute atomic E-state index is 0.00759. The van der Waals surface area contributed by atoms with Crippen LogP contribution in [-0.2, 0) is 6.18 Å². The number of nitrogens with zero attached hydrogens (tertiary/aromatic N) is 5. The molecule has 3 saturated heterocycles. The molecule has 3 aliphatic heterocycles. The number of thiophene rings is 1. The fourth-order valence-corrected chi connectivity index (χ4v) is 8.52. The van der Waals surface area contributed by atoms with Crippen molar-refractivity contribution in [1.82, 2.24) is 20.2 Å². The van der Waals surface area contributed by atoms with Gasteiger partial charge in [-0.25, -0.2) is 17.6 Å². The third-order valence-electron chi connectivity index (χ3n) is 10.1. The summed E-state index contributed by atoms with van der Waals surface area (Å²) in [5, 5.41) is 12.1. The summed E-state index contributed by atoms with van der Waals surface area (Å²) in [6, 6.07) is 2.37. The fourth-order valence-electron chi connectivity index (χ4n) is 7.59. The van der Waals surface area contributed by atoms with Crippen molar-refractivity contribution in [3.05, 3.63) is 52.6 Å². The number of nitriles is 1. The predicted octanol–water partition coefficient (Wildman–Crippen LogP) is 7.31. The van der Waals surface area contributed by atoms with Crippen LogP contribution in [0.5, 0.6) is 6.01 Å². The molecule has 16 heteroatoms. The molecule has 0 unspecified atom stereocenters. The van der Waals surface area contributed by atoms with Crippen molar-refractivity contribution in [3.63, 3.8) is 0 Å². The molecule has 8 nitrogen and oxygen atoms in total. The molecule has 0 spiro atoms. The van der Waals surface area contributed by atoms with Gasteiger partial charge in [-0.3, -0.25) is 0 Å². The molecule has 3 N–H and O–H groups in total. The molecule has 264 valence electrons. The van der Waals surface area contributed by atoms with Crippen LogP contribution < -0.4 is 20.7 Å². The first-order chi connectivity index (χ1) is 23.8. The van der Waals surface area contributed by atoms with Crippen molar-refractivity contribution < 1.29 is 35.5 Å². The summed E-state index contributed by atoms with van der Waals surface area (Å²) in [4.78, 5) is 12.6. The number of aromatic nitrogens is 2. The van der Waals surface area contributed by atoms with Crippen molar-refractivity contribution >= 4 is 43.1 Å². The normalized spacial score (nSPS) is 23.7. The maximum absolute atomic E-state index is 17.1. The molecule has 50 heavy (non-hydrogen) atoms. The van der Waals surface area contributed by atoms with Crippen LogP contribution in [0.1, 0.15) is 44.2 Å². The highest BCUT2D eigenvalue weighted by Crippen LogP contribution is 2.49. The van der Waals surface area contributed by atoms with Gasteiger partial charge in [0.15, 0.2) is 5.82 Å². The van der Waals surface area contributed by atoms with E-state index in [4.69, 9.17) is 10.5 Å². The Hall–Kier alpha value is -4.20. The summed E-state index contributed by atoms with van der Waals surface area (Å²) in [6.45, 7) is 6.18. The van der Waals surface area contributed by atoms with E-state index in [1.165, 1.54) is 0 Å². The van der Waals surface area contributed by atoms with Crippen molar-refractivity contribution in [2.24, 2.45) is 5.41 Å². The molecular formula is C34H32F7N7OS. The highest BCUT2D eigenvalue weighted by atomic mass is 32.1. The average Bonchev–Trinajstić information content (AvgIpc) is 3.60. The van der Waals surface area contributed by atoms with E-state index < -0.39 is 66.9 Å². The Balaban J connectivity index is 1.47. The summed E-state index contributed by atoms with van der Waals surface area (Å²) in [5.41, 5.74) is 0.714. The number of piperazine rings is 1. The van der Waals surface area contributed by atoms with Gasteiger partial charge in [0.2, 0.25) is 0 Å². The van der Waals surface area contributed by atoms with Crippen molar-refractivity contribution in [3.8, 4) is 23.2 Å². The Morgan fingerprint density at radius 3 is 2.50 bits per heavy atom. The van der Waals surface area contributed by atoms with Gasteiger partial charge >= 0.3 is 12.2 Å². The van der Waals surface area contributed by atoms with Crippen LogP contribution in [0.2, 0.25) is 0 Å². The van der Waals surface area contributed by atoms with Crippen LogP contribution in [0.15, 0.2) is 24.0 Å². The zero-order valence-corrected chi connectivity index (χ0v) is 27.8. The van der Waals surface area contributed by atoms with E-state index in [1.54, 1.807) is 11.0 Å². The Morgan fingerprint density at radius 2 is 1.86 bits per heavy atom. The van der Waals surface area contributed by atoms with Crippen LogP contribution in [0.3, 0.4) is 0 Å². The van der Waals surface area contributed by atoms with Gasteiger partial charge < -0.3 is 25.6 Å². The van der Waals surface area contributed by atoms with Crippen molar-refractivity contribution in [1.29, 1.82) is 5.26 Å². The third kappa shape index (κ3) is 5.68. The van der Waals surface area contributed by atoms with Crippen molar-refractivity contribution in [2.45, 2.75) is 51.4 Å². The largest absolute Gasteiger partial charge is 0.462 e. The molecule has 3 fully saturated rings. The molecule has 2 aromatic heterocycles. The maximum Gasteiger partial charge on any atom is 0.417 e. The molecule has 5 heterocycles. The monoisotopic (exact) mass is 719 g/mol. The molecule has 2 bridgehead atoms. The van der Waals surface area contributed by atoms with Gasteiger partial charge in [-0.05, 0) is 37.4 Å². The minimum Gasteiger partial charge on any atom is -0.462 e. The first-order valence-electron chi connectivity index (χ1n) is 16.1. The Kier molecular flexibility index (Phi) is 8.59. The predicted molar refractivity (Wildman–Crippen MR) is 176 cm³/mol. The van der Waals surface area contributed by atoms with E-state index in [2.05, 4.69) is 20.2 Å². The molecule has 7 rings (SSSR count). The van der Waals surface area contributed by atoms with E-state index >= 15 is 8.78 Å². The number of anilines is 2. The SMILES string of the molecule is CCN1CC/C(=C\F)[C@](C)(COc2nc(N3C[C@H]4CC[C@@H](C3)N4)c3cc(C(F)(F)F)c(-c4c(F)cc(F)c5sc(N)c(C#N)c45)c(F)c3n2)C1. The number of likely N-dealkylation sites (tertiary alicyclic amines) is 1. The lowest BCUT2D eigenvalue weighted by Gasteiger charge is -2.41. The van der Waals surface area contributed by atoms with E-state index in [9.17, 15) is 27.2 Å². The Morgan fingerprint density at radius 1 is 1.14 bits per heavy atom. The average molecular weight is 720 g/mol. The maximum atomic E-state index is 17.1. The number of piperidine rings is 1. The molecule has 3 aliphatic rings. The molecule has 0 saturated carbocycles. The highest BCUT2D eigenvalue weighted by molar-refractivity contribution is 7.23. The molecule has 0 amide bonds. The van der Waals surface area contributed by atoms with Gasteiger partial charge in [-0.2, -0.15) is 28.4 Å². The second kappa shape index (κ2) is 12.5. The zero-order chi connectivity index (χ0) is 35.7. The quantitative estimate of drug-likeness (QED) is 0.200. The van der Waals surface area contributed by atoms with E-state index in [-0.39, 0.29) is 40.9 Å². The summed E-state index contributed by atoms with van der Waals surface area (Å²) in [6.07, 6.45) is -2.58. The number of benzene rings is 2. The van der Waals surface area contributed by atoms with E-state index in [0.717, 1.165) is 12.8 Å². The first-order valence-corrected chi connectivity index (χ1v) is 17.0. The van der Waals surface area contributed by atoms with Crippen LogP contribution in [-0.4, -0.2) is 66.3 Å². The molecule has 3 atom stereocenters. The Bertz CT molecular complexity index is 2080. The number of fused-ring (bicyclic) bond motifs is 4. The zero-order valence-electron chi connectivity index (χ0n) is 27.0. The smallest absolute Gasteiger partial charge is 0.417 e. The number of nitrogen functional groups attached to an aromatic ring is 1. The van der Waals surface area contributed by atoms with Gasteiger partial charge in [-0.1, -0.05) is 13.8 Å². The van der Waals surface area contributed by atoms with Crippen LogP contribution >= 0.6 is 11.3 Å². The number of nitrogens with one attached hydrogen (secondary N) is 1. The number of hydrogen-bond donors (Lipinski definition) is 2. The first kappa shape index (κ1) is 34.3. The summed E-state index contributed by atoms with van der Waals surface area (Å²) >= 11 is 0.541. The van der Waals surface area contributed by atoms with E-state index in [1.807, 2.05) is 13.8 Å². The number of alkyl halides is 3. The second-order valence-electron chi connectivity index (χ2n) is 13.4. The fraction of sp³-hybridized carbons (Fsp3) is 0.441. The van der Waals surface area contributed by atoms with Gasteiger partial charge in [0, 0.05) is 71.6 Å². The molecule has 4 aromatic rings. The van der Waals surface area contributed by atoms with Crippen LogP contribution in [0.4, 0.5) is 41.6 Å². The molecule has 2 aromatic carbocycles. The topological polar surface area (TPSA) is 103 Å². The third-order valence-corrected chi connectivity index (χ3v) is 11.1. The number of halogens is 7. The van der Waals surface area contributed by atoms with Gasteiger partial charge in [0.1, 0.15) is 40.6 Å². The minimum atomic E-state index is -5.24. The summed E-state index contributed by atoms with van der Waals surface area (Å²) in [7, 11) is 0. The molecular weight excluding hydrogens is 687 g/mol. The Labute approximate surface area is 286 Å². The number of nitrogens with two attached hydrogens (primary N) is 1. The van der Waals surface area contributed by atoms with Crippen LogP contribution in [0.25, 0.3) is 32.1 Å². The lowest BCUT2D eigenvalue weighted by Crippen LogP contribution is -2.51. The lowest BCUT2D eigenvalue weighted by molar-refractivity contribution is -0.137. The molecule has 0 radical (unpaired) electrons. The standard InChI is InChI=1S/C34H32F7N7OS/c1-3-47-7-6-16(10-35)33(2,14-47)15-49-32-45-28-19(31(46-32)48-12-17-4-5-18(13-48)44-17)8-21(34(39,40)41)25(27(28)38)26-22(36)9-23(37)29-24(26)20(11-42)30(43)50-29/h8-10,17-18,44H,3-7,12-15,43H2,1-2H3/b16-10+/t17-,18+,33-/m0/s1. The highest BCUT2D eigenvalue weighted by Gasteiger charge is 2.41. The second-order valence-corrected chi connectivity index (χ2v) is 14.4. The summed E-state index contributed by atoms with van der Waals surface area (Å²) < 4.78 is 112. The van der Waals surface area contributed by atoms with Gasteiger partial charge in [0.25, 0.3) is 0 Å². The number of rotatable bonds is 6. The van der Waals surface area contributed by atoms with Gasteiger partial charge in [0.05, 0.1) is 22.2 Å². The summed E-state index contributed by atoms with van der Waals surface area (Å²) in [5.74, 6) is -4.25. The van der Waals surface area contributed by atoms with Crippen molar-refractivity contribution in [2.75, 3.05) is 50.0 Å². The number of hydrogen-bond acceptors (Lipinski definition) is 9. The number of ether oxygens (including phenoxy) is 1. The van der Waals surface area contributed by atoms with E-state index in [0.29, 0.717) is 74.5 Å². The van der Waals surface area contributed by atoms with Crippen LogP contribution in [0, 0.1) is 34.2 Å². The molecule has 0 aliphatic carbocycles. The lowest BCUT2D eigenvalue weighted by atomic mass is 9.78. The van der Waals surface area contributed by atoms with Gasteiger partial charge in [-0.15, -0.1) is 11.3 Å².